The van der Waals surface area contributed by atoms with Crippen LogP contribution in [0.15, 0.2) is 53.4 Å². The summed E-state index contributed by atoms with van der Waals surface area (Å²) >= 11 is 0. The average molecular weight is 495 g/mol. The maximum Gasteiger partial charge on any atom is 0.259 e. The Bertz CT molecular complexity index is 1430. The molecule has 0 aromatic heterocycles. The van der Waals surface area contributed by atoms with Crippen LogP contribution < -0.4 is 14.8 Å². The van der Waals surface area contributed by atoms with Crippen molar-refractivity contribution in [1.82, 2.24) is 4.31 Å². The lowest BCUT2D eigenvalue weighted by Crippen LogP contribution is -2.40. The van der Waals surface area contributed by atoms with Gasteiger partial charge in [-0.15, -0.1) is 0 Å². The van der Waals surface area contributed by atoms with Crippen LogP contribution in [0.25, 0.3) is 0 Å². The van der Waals surface area contributed by atoms with E-state index in [0.29, 0.717) is 30.4 Å². The topological polar surface area (TPSA) is 94.2 Å². The maximum absolute atomic E-state index is 13.7. The number of nitrogens with zero attached hydrogens (tertiary/aromatic N) is 1. The second-order valence-electron chi connectivity index (χ2n) is 8.72. The van der Waals surface area contributed by atoms with Gasteiger partial charge in [0.1, 0.15) is 16.4 Å². The summed E-state index contributed by atoms with van der Waals surface area (Å²) < 4.78 is 46.3. The van der Waals surface area contributed by atoms with E-state index in [1.54, 1.807) is 12.1 Å². The van der Waals surface area contributed by atoms with Crippen LogP contribution in [-0.2, 0) is 14.8 Å². The molecule has 182 valence electrons. The van der Waals surface area contributed by atoms with Crippen molar-refractivity contribution in [3.8, 4) is 23.0 Å². The molecule has 1 amide bonds. The number of rotatable bonds is 4. The van der Waals surface area contributed by atoms with Gasteiger partial charge in [-0.1, -0.05) is 12.1 Å². The maximum atomic E-state index is 13.7. The highest BCUT2D eigenvalue weighted by atomic mass is 32.2. The van der Waals surface area contributed by atoms with Gasteiger partial charge in [0.15, 0.2) is 11.5 Å². The molecule has 2 heterocycles. The molecule has 9 heteroatoms. The molecule has 35 heavy (non-hydrogen) atoms. The van der Waals surface area contributed by atoms with Crippen molar-refractivity contribution < 1.29 is 27.4 Å². The van der Waals surface area contributed by atoms with E-state index in [1.165, 1.54) is 16.4 Å². The Morgan fingerprint density at radius 1 is 0.914 bits per heavy atom. The first-order valence-electron chi connectivity index (χ1n) is 11.3. The number of ether oxygens (including phenoxy) is 3. The number of aryl methyl sites for hydroxylation is 3. The van der Waals surface area contributed by atoms with E-state index < -0.39 is 15.9 Å². The summed E-state index contributed by atoms with van der Waals surface area (Å²) in [6, 6.07) is 13.8. The summed E-state index contributed by atoms with van der Waals surface area (Å²) in [6.07, 6.45) is 0. The molecule has 2 aliphatic rings. The van der Waals surface area contributed by atoms with Gasteiger partial charge in [-0.25, -0.2) is 8.42 Å². The molecule has 0 spiro atoms. The molecule has 1 saturated heterocycles. The lowest BCUT2D eigenvalue weighted by Gasteiger charge is -2.27. The Labute approximate surface area is 204 Å². The van der Waals surface area contributed by atoms with Gasteiger partial charge in [-0.2, -0.15) is 4.31 Å². The van der Waals surface area contributed by atoms with Crippen molar-refractivity contribution in [1.29, 1.82) is 0 Å². The number of nitrogens with one attached hydrogen (secondary N) is 1. The van der Waals surface area contributed by atoms with Crippen molar-refractivity contribution in [2.24, 2.45) is 0 Å². The summed E-state index contributed by atoms with van der Waals surface area (Å²) in [6.45, 7) is 6.90. The molecule has 3 aromatic rings. The number of hydrogen-bond donors (Lipinski definition) is 1. The fraction of sp³-hybridized carbons (Fsp3) is 0.269. The number of fused-ring (bicyclic) bond motifs is 2. The van der Waals surface area contributed by atoms with E-state index in [0.717, 1.165) is 16.7 Å². The molecule has 1 fully saturated rings. The van der Waals surface area contributed by atoms with Crippen molar-refractivity contribution in [3.63, 3.8) is 0 Å². The summed E-state index contributed by atoms with van der Waals surface area (Å²) in [5, 5.41) is 2.81. The van der Waals surface area contributed by atoms with E-state index in [4.69, 9.17) is 14.2 Å². The second-order valence-corrected chi connectivity index (χ2v) is 10.6. The third kappa shape index (κ3) is 4.50. The standard InChI is InChI=1S/C26H26N2O6S/c1-16-4-7-21-23(12-16)34-22-15-24(33-19-6-5-17(2)18(3)13-19)25(14-20(22)26(29)27-21)35(30,31)28-8-10-32-11-9-28/h4-7,12-15H,8-11H2,1-3H3,(H,27,29). The van der Waals surface area contributed by atoms with E-state index in [1.807, 2.05) is 45.0 Å². The predicted molar refractivity (Wildman–Crippen MR) is 131 cm³/mol. The lowest BCUT2D eigenvalue weighted by molar-refractivity contribution is 0.0729. The highest BCUT2D eigenvalue weighted by Crippen LogP contribution is 2.42. The minimum atomic E-state index is -3.98. The number of carbonyl (C=O) groups is 1. The number of sulfonamides is 1. The zero-order chi connectivity index (χ0) is 24.7. The fourth-order valence-electron chi connectivity index (χ4n) is 4.04. The van der Waals surface area contributed by atoms with Crippen LogP contribution in [0.1, 0.15) is 27.0 Å². The smallest absolute Gasteiger partial charge is 0.259 e. The zero-order valence-electron chi connectivity index (χ0n) is 19.8. The molecule has 3 aromatic carbocycles. The summed E-state index contributed by atoms with van der Waals surface area (Å²) in [7, 11) is -3.98. The van der Waals surface area contributed by atoms with E-state index in [2.05, 4.69) is 5.32 Å². The van der Waals surface area contributed by atoms with Crippen LogP contribution in [0, 0.1) is 20.8 Å². The summed E-state index contributed by atoms with van der Waals surface area (Å²) in [4.78, 5) is 13.0. The second kappa shape index (κ2) is 8.99. The molecule has 0 saturated carbocycles. The molecule has 0 unspecified atom stereocenters. The number of hydrogen-bond acceptors (Lipinski definition) is 6. The first-order chi connectivity index (χ1) is 16.7. The van der Waals surface area contributed by atoms with Crippen LogP contribution in [0.4, 0.5) is 5.69 Å². The van der Waals surface area contributed by atoms with Crippen molar-refractivity contribution in [2.75, 3.05) is 31.6 Å². The molecule has 0 radical (unpaired) electrons. The van der Waals surface area contributed by atoms with Crippen LogP contribution in [0.5, 0.6) is 23.0 Å². The predicted octanol–water partition coefficient (Wildman–Crippen LogP) is 4.78. The summed E-state index contributed by atoms with van der Waals surface area (Å²) in [5.41, 5.74) is 3.67. The minimum Gasteiger partial charge on any atom is -0.456 e. The molecule has 1 N–H and O–H groups in total. The first-order valence-corrected chi connectivity index (χ1v) is 12.8. The van der Waals surface area contributed by atoms with Crippen LogP contribution >= 0.6 is 0 Å². The van der Waals surface area contributed by atoms with Crippen LogP contribution in [-0.4, -0.2) is 44.9 Å². The normalized spacial score (nSPS) is 15.9. The van der Waals surface area contributed by atoms with Crippen LogP contribution in [0.3, 0.4) is 0 Å². The zero-order valence-corrected chi connectivity index (χ0v) is 20.6. The number of amides is 1. The fourth-order valence-corrected chi connectivity index (χ4v) is 5.57. The number of carbonyl (C=O) groups excluding carboxylic acids is 1. The minimum absolute atomic E-state index is 0.0856. The third-order valence-corrected chi connectivity index (χ3v) is 8.11. The van der Waals surface area contributed by atoms with Gasteiger partial charge >= 0.3 is 0 Å². The molecular weight excluding hydrogens is 468 g/mol. The Balaban J connectivity index is 1.66. The molecule has 0 atom stereocenters. The van der Waals surface area contributed by atoms with Gasteiger partial charge in [0.05, 0.1) is 24.5 Å². The van der Waals surface area contributed by atoms with Gasteiger partial charge in [0.2, 0.25) is 10.0 Å². The van der Waals surface area contributed by atoms with E-state index in [-0.39, 0.29) is 35.0 Å². The Kier molecular flexibility index (Phi) is 6.00. The first kappa shape index (κ1) is 23.3. The molecule has 8 nitrogen and oxygen atoms in total. The number of morpholine rings is 1. The van der Waals surface area contributed by atoms with Crippen molar-refractivity contribution >= 4 is 21.6 Å². The molecule has 2 aliphatic heterocycles. The third-order valence-electron chi connectivity index (χ3n) is 6.19. The SMILES string of the molecule is Cc1ccc2c(c1)Oc1cc(Oc3ccc(C)c(C)c3)c(S(=O)(=O)N3CCOCC3)cc1C(=O)N2. The quantitative estimate of drug-likeness (QED) is 0.561. The monoisotopic (exact) mass is 494 g/mol. The molecular formula is C26H26N2O6S. The summed E-state index contributed by atoms with van der Waals surface area (Å²) in [5.74, 6) is 0.798. The lowest BCUT2D eigenvalue weighted by atomic mass is 10.1. The average Bonchev–Trinajstić information content (AvgIpc) is 2.96. The molecule has 0 bridgehead atoms. The Morgan fingerprint density at radius 2 is 1.69 bits per heavy atom. The van der Waals surface area contributed by atoms with Gasteiger partial charge in [-0.05, 0) is 67.8 Å². The molecule has 5 rings (SSSR count). The van der Waals surface area contributed by atoms with Crippen molar-refractivity contribution in [3.05, 3.63) is 70.8 Å². The van der Waals surface area contributed by atoms with E-state index in [9.17, 15) is 13.2 Å². The van der Waals surface area contributed by atoms with E-state index >= 15 is 0 Å². The van der Waals surface area contributed by atoms with Gasteiger partial charge in [0.25, 0.3) is 5.91 Å². The van der Waals surface area contributed by atoms with Crippen molar-refractivity contribution in [2.45, 2.75) is 25.7 Å². The highest BCUT2D eigenvalue weighted by molar-refractivity contribution is 7.89. The number of benzene rings is 3. The Morgan fingerprint density at radius 3 is 2.43 bits per heavy atom. The molecule has 0 aliphatic carbocycles. The number of anilines is 1. The van der Waals surface area contributed by atoms with Gasteiger partial charge in [0, 0.05) is 19.2 Å². The van der Waals surface area contributed by atoms with Gasteiger partial charge in [-0.3, -0.25) is 4.79 Å². The van der Waals surface area contributed by atoms with Gasteiger partial charge < -0.3 is 19.5 Å². The largest absolute Gasteiger partial charge is 0.456 e. The highest BCUT2D eigenvalue weighted by Gasteiger charge is 2.33. The van der Waals surface area contributed by atoms with Crippen LogP contribution in [0.2, 0.25) is 0 Å². The Hall–Kier alpha value is -3.40.